The SMILES string of the molecule is CC(=O)OC1c2c(cccc2S(C)(=O)=O)CC1F. The Morgan fingerprint density at radius 2 is 2.11 bits per heavy atom. The van der Waals surface area contributed by atoms with Gasteiger partial charge in [0.25, 0.3) is 0 Å². The minimum Gasteiger partial charge on any atom is -0.454 e. The van der Waals surface area contributed by atoms with Crippen LogP contribution in [0.4, 0.5) is 4.39 Å². The van der Waals surface area contributed by atoms with Crippen molar-refractivity contribution in [3.05, 3.63) is 29.3 Å². The van der Waals surface area contributed by atoms with Gasteiger partial charge in [0, 0.05) is 25.2 Å². The average molecular weight is 272 g/mol. The minimum atomic E-state index is -3.48. The lowest BCUT2D eigenvalue weighted by Crippen LogP contribution is -2.17. The summed E-state index contributed by atoms with van der Waals surface area (Å²) in [5.74, 6) is -0.626. The van der Waals surface area contributed by atoms with Crippen molar-refractivity contribution in [2.24, 2.45) is 0 Å². The minimum absolute atomic E-state index is 0.0337. The van der Waals surface area contributed by atoms with E-state index in [0.29, 0.717) is 5.56 Å². The van der Waals surface area contributed by atoms with Crippen molar-refractivity contribution in [2.75, 3.05) is 6.26 Å². The second kappa shape index (κ2) is 4.35. The van der Waals surface area contributed by atoms with Crippen LogP contribution in [0.1, 0.15) is 24.2 Å². The first-order valence-corrected chi connectivity index (χ1v) is 7.33. The zero-order chi connectivity index (χ0) is 13.5. The highest BCUT2D eigenvalue weighted by Crippen LogP contribution is 2.40. The van der Waals surface area contributed by atoms with Gasteiger partial charge in [0.15, 0.2) is 15.9 Å². The van der Waals surface area contributed by atoms with Crippen LogP contribution in [0.15, 0.2) is 23.1 Å². The molecule has 1 aromatic rings. The van der Waals surface area contributed by atoms with E-state index in [9.17, 15) is 17.6 Å². The van der Waals surface area contributed by atoms with Gasteiger partial charge in [0.2, 0.25) is 0 Å². The van der Waals surface area contributed by atoms with Gasteiger partial charge in [0.05, 0.1) is 4.90 Å². The predicted octanol–water partition coefficient (Wildman–Crippen LogP) is 1.59. The Morgan fingerprint density at radius 3 is 2.67 bits per heavy atom. The van der Waals surface area contributed by atoms with Crippen molar-refractivity contribution in [3.8, 4) is 0 Å². The van der Waals surface area contributed by atoms with Crippen molar-refractivity contribution in [3.63, 3.8) is 0 Å². The van der Waals surface area contributed by atoms with E-state index in [1.807, 2.05) is 0 Å². The van der Waals surface area contributed by atoms with Gasteiger partial charge in [-0.1, -0.05) is 12.1 Å². The zero-order valence-electron chi connectivity index (χ0n) is 10.0. The Balaban J connectivity index is 2.58. The largest absolute Gasteiger partial charge is 0.454 e. The van der Waals surface area contributed by atoms with Crippen LogP contribution in [-0.2, 0) is 25.8 Å². The van der Waals surface area contributed by atoms with Gasteiger partial charge in [0.1, 0.15) is 6.17 Å². The van der Waals surface area contributed by atoms with Gasteiger partial charge in [-0.05, 0) is 11.6 Å². The average Bonchev–Trinajstić information content (AvgIpc) is 2.53. The van der Waals surface area contributed by atoms with Crippen LogP contribution in [0, 0.1) is 0 Å². The molecular formula is C12H13FO4S. The Labute approximate surface area is 105 Å². The summed E-state index contributed by atoms with van der Waals surface area (Å²) < 4.78 is 42.1. The molecule has 0 fully saturated rings. The number of halogens is 1. The molecule has 2 rings (SSSR count). The lowest BCUT2D eigenvalue weighted by atomic mass is 10.1. The number of carbonyl (C=O) groups excluding carboxylic acids is 1. The standard InChI is InChI=1S/C12H13FO4S/c1-7(14)17-12-9(13)6-8-4-3-5-10(11(8)12)18(2,15)16/h3-5,9,12H,6H2,1-2H3. The zero-order valence-corrected chi connectivity index (χ0v) is 10.8. The van der Waals surface area contributed by atoms with Crippen LogP contribution < -0.4 is 0 Å². The molecule has 0 amide bonds. The van der Waals surface area contributed by atoms with Crippen LogP contribution in [0.2, 0.25) is 0 Å². The highest BCUT2D eigenvalue weighted by Gasteiger charge is 2.38. The number of sulfone groups is 1. The van der Waals surface area contributed by atoms with E-state index in [1.54, 1.807) is 12.1 Å². The molecular weight excluding hydrogens is 259 g/mol. The lowest BCUT2D eigenvalue weighted by molar-refractivity contribution is -0.149. The quantitative estimate of drug-likeness (QED) is 0.767. The number of benzene rings is 1. The van der Waals surface area contributed by atoms with E-state index in [1.165, 1.54) is 13.0 Å². The van der Waals surface area contributed by atoms with Crippen molar-refractivity contribution < 1.29 is 22.3 Å². The number of carbonyl (C=O) groups is 1. The molecule has 0 spiro atoms. The van der Waals surface area contributed by atoms with E-state index in [4.69, 9.17) is 4.74 Å². The molecule has 1 aliphatic rings. The molecule has 0 N–H and O–H groups in total. The summed E-state index contributed by atoms with van der Waals surface area (Å²) in [5.41, 5.74) is 0.861. The first-order valence-electron chi connectivity index (χ1n) is 5.44. The van der Waals surface area contributed by atoms with Crippen LogP contribution in [0.25, 0.3) is 0 Å². The number of esters is 1. The summed E-state index contributed by atoms with van der Waals surface area (Å²) in [5, 5.41) is 0. The fourth-order valence-corrected chi connectivity index (χ4v) is 3.20. The second-order valence-corrected chi connectivity index (χ2v) is 6.34. The Bertz CT molecular complexity index is 594. The van der Waals surface area contributed by atoms with Gasteiger partial charge in [-0.3, -0.25) is 4.79 Å². The summed E-state index contributed by atoms with van der Waals surface area (Å²) in [6, 6.07) is 4.63. The van der Waals surface area contributed by atoms with Crippen LogP contribution >= 0.6 is 0 Å². The summed E-state index contributed by atoms with van der Waals surface area (Å²) in [6.07, 6.45) is -1.40. The van der Waals surface area contributed by atoms with Gasteiger partial charge in [-0.25, -0.2) is 12.8 Å². The number of fused-ring (bicyclic) bond motifs is 1. The maximum atomic E-state index is 13.8. The highest BCUT2D eigenvalue weighted by atomic mass is 32.2. The Morgan fingerprint density at radius 1 is 1.44 bits per heavy atom. The van der Waals surface area contributed by atoms with Crippen LogP contribution in [-0.4, -0.2) is 26.8 Å². The first kappa shape index (κ1) is 13.0. The van der Waals surface area contributed by atoms with E-state index in [-0.39, 0.29) is 16.9 Å². The monoisotopic (exact) mass is 272 g/mol. The molecule has 0 saturated heterocycles. The molecule has 18 heavy (non-hydrogen) atoms. The van der Waals surface area contributed by atoms with Crippen molar-refractivity contribution in [1.29, 1.82) is 0 Å². The molecule has 0 aromatic heterocycles. The predicted molar refractivity (Wildman–Crippen MR) is 62.7 cm³/mol. The first-order chi connectivity index (χ1) is 8.30. The molecule has 4 nitrogen and oxygen atoms in total. The molecule has 0 heterocycles. The van der Waals surface area contributed by atoms with E-state index in [0.717, 1.165) is 6.26 Å². The van der Waals surface area contributed by atoms with E-state index >= 15 is 0 Å². The number of ether oxygens (including phenoxy) is 1. The van der Waals surface area contributed by atoms with Gasteiger partial charge >= 0.3 is 5.97 Å². The molecule has 0 bridgehead atoms. The summed E-state index contributed by atoms with van der Waals surface area (Å²) in [7, 11) is -3.48. The summed E-state index contributed by atoms with van der Waals surface area (Å²) in [6.45, 7) is 1.17. The number of rotatable bonds is 2. The topological polar surface area (TPSA) is 60.4 Å². The van der Waals surface area contributed by atoms with Crippen molar-refractivity contribution >= 4 is 15.8 Å². The molecule has 2 unspecified atom stereocenters. The van der Waals surface area contributed by atoms with E-state index in [2.05, 4.69) is 0 Å². The normalized spacial score (nSPS) is 22.6. The van der Waals surface area contributed by atoms with Crippen LogP contribution in [0.5, 0.6) is 0 Å². The van der Waals surface area contributed by atoms with Crippen molar-refractivity contribution in [2.45, 2.75) is 30.5 Å². The fraction of sp³-hybridized carbons (Fsp3) is 0.417. The number of hydrogen-bond acceptors (Lipinski definition) is 4. The van der Waals surface area contributed by atoms with Gasteiger partial charge in [-0.2, -0.15) is 0 Å². The number of hydrogen-bond donors (Lipinski definition) is 0. The van der Waals surface area contributed by atoms with Crippen molar-refractivity contribution in [1.82, 2.24) is 0 Å². The summed E-state index contributed by atoms with van der Waals surface area (Å²) >= 11 is 0. The number of alkyl halides is 1. The Hall–Kier alpha value is -1.43. The molecule has 6 heteroatoms. The molecule has 1 aliphatic carbocycles. The molecule has 0 aliphatic heterocycles. The lowest BCUT2D eigenvalue weighted by Gasteiger charge is -2.16. The molecule has 0 saturated carbocycles. The summed E-state index contributed by atoms with van der Waals surface area (Å²) in [4.78, 5) is 11.0. The highest BCUT2D eigenvalue weighted by molar-refractivity contribution is 7.90. The Kier molecular flexibility index (Phi) is 3.14. The maximum Gasteiger partial charge on any atom is 0.303 e. The van der Waals surface area contributed by atoms with E-state index < -0.39 is 28.1 Å². The fourth-order valence-electron chi connectivity index (χ4n) is 2.22. The smallest absolute Gasteiger partial charge is 0.303 e. The maximum absolute atomic E-state index is 13.8. The third-order valence-corrected chi connectivity index (χ3v) is 4.03. The van der Waals surface area contributed by atoms with Gasteiger partial charge < -0.3 is 4.74 Å². The molecule has 0 radical (unpaired) electrons. The third kappa shape index (κ3) is 2.25. The van der Waals surface area contributed by atoms with Crippen LogP contribution in [0.3, 0.4) is 0 Å². The van der Waals surface area contributed by atoms with Gasteiger partial charge in [-0.15, -0.1) is 0 Å². The molecule has 2 atom stereocenters. The third-order valence-electron chi connectivity index (χ3n) is 2.88. The molecule has 98 valence electrons. The molecule has 1 aromatic carbocycles. The second-order valence-electron chi connectivity index (χ2n) is 4.35.